The van der Waals surface area contributed by atoms with Crippen LogP contribution in [-0.2, 0) is 0 Å². The predicted molar refractivity (Wildman–Crippen MR) is 72.6 cm³/mol. The second-order valence-corrected chi connectivity index (χ2v) is 6.31. The molecule has 2 rings (SSSR count). The third-order valence-electron chi connectivity index (χ3n) is 4.98. The molecular formula is C14H29N3. The van der Waals surface area contributed by atoms with Crippen molar-refractivity contribution in [3.63, 3.8) is 0 Å². The van der Waals surface area contributed by atoms with Crippen LogP contribution in [-0.4, -0.2) is 30.6 Å². The number of hydrogen-bond donors (Lipinski definition) is 2. The van der Waals surface area contributed by atoms with Gasteiger partial charge in [-0.25, -0.2) is 0 Å². The van der Waals surface area contributed by atoms with Crippen molar-refractivity contribution in [3.8, 4) is 0 Å². The fourth-order valence-electron chi connectivity index (χ4n) is 3.58. The van der Waals surface area contributed by atoms with E-state index in [4.69, 9.17) is 5.84 Å². The number of hydrogen-bond acceptors (Lipinski definition) is 3. The summed E-state index contributed by atoms with van der Waals surface area (Å²) in [4.78, 5) is 2.45. The van der Waals surface area contributed by atoms with Crippen LogP contribution in [0.2, 0.25) is 0 Å². The smallest absolute Gasteiger partial charge is 0.0397 e. The Balaban J connectivity index is 2.10. The first-order chi connectivity index (χ1) is 8.19. The van der Waals surface area contributed by atoms with E-state index in [2.05, 4.69) is 24.4 Å². The molecule has 0 amide bonds. The maximum atomic E-state index is 5.88. The normalized spacial score (nSPS) is 26.8. The molecule has 2 aliphatic rings. The molecule has 0 bridgehead atoms. The average Bonchev–Trinajstić information content (AvgIpc) is 3.12. The Bertz CT molecular complexity index is 228. The number of hydrazine groups is 1. The van der Waals surface area contributed by atoms with Crippen molar-refractivity contribution >= 4 is 0 Å². The lowest BCUT2D eigenvalue weighted by atomic mass is 9.79. The molecule has 3 nitrogen and oxygen atoms in total. The quantitative estimate of drug-likeness (QED) is 0.439. The Kier molecular flexibility index (Phi) is 4.45. The van der Waals surface area contributed by atoms with Crippen LogP contribution in [0.25, 0.3) is 0 Å². The first kappa shape index (κ1) is 13.3. The van der Waals surface area contributed by atoms with Crippen LogP contribution in [0, 0.1) is 5.92 Å². The molecule has 17 heavy (non-hydrogen) atoms. The molecule has 2 aliphatic carbocycles. The summed E-state index contributed by atoms with van der Waals surface area (Å²) >= 11 is 0. The molecule has 3 heteroatoms. The summed E-state index contributed by atoms with van der Waals surface area (Å²) in [5, 5.41) is 0. The van der Waals surface area contributed by atoms with Crippen molar-refractivity contribution in [1.82, 2.24) is 10.3 Å². The minimum Gasteiger partial charge on any atom is -0.302 e. The van der Waals surface area contributed by atoms with Gasteiger partial charge in [-0.15, -0.1) is 0 Å². The lowest BCUT2D eigenvalue weighted by Gasteiger charge is -2.46. The SMILES string of the molecule is CN(C)C1(C(CC2CC2)NN)CCCCCC1. The maximum absolute atomic E-state index is 5.88. The van der Waals surface area contributed by atoms with Crippen LogP contribution < -0.4 is 11.3 Å². The van der Waals surface area contributed by atoms with Crippen LogP contribution in [0.4, 0.5) is 0 Å². The molecule has 0 aromatic carbocycles. The van der Waals surface area contributed by atoms with Crippen molar-refractivity contribution in [1.29, 1.82) is 0 Å². The largest absolute Gasteiger partial charge is 0.302 e. The fraction of sp³-hybridized carbons (Fsp3) is 1.00. The van der Waals surface area contributed by atoms with E-state index >= 15 is 0 Å². The van der Waals surface area contributed by atoms with Crippen molar-refractivity contribution in [2.24, 2.45) is 11.8 Å². The lowest BCUT2D eigenvalue weighted by Crippen LogP contribution is -2.60. The molecule has 0 saturated heterocycles. The predicted octanol–water partition coefficient (Wildman–Crippen LogP) is 2.27. The molecule has 0 aromatic rings. The molecule has 2 fully saturated rings. The number of nitrogens with zero attached hydrogens (tertiary/aromatic N) is 1. The summed E-state index contributed by atoms with van der Waals surface area (Å²) in [5.74, 6) is 6.82. The van der Waals surface area contributed by atoms with Crippen LogP contribution in [0.3, 0.4) is 0 Å². The van der Waals surface area contributed by atoms with Gasteiger partial charge in [0.25, 0.3) is 0 Å². The highest BCUT2D eigenvalue weighted by Crippen LogP contribution is 2.41. The molecule has 0 spiro atoms. The zero-order valence-corrected chi connectivity index (χ0v) is 11.5. The summed E-state index contributed by atoms with van der Waals surface area (Å²) < 4.78 is 0. The van der Waals surface area contributed by atoms with E-state index < -0.39 is 0 Å². The monoisotopic (exact) mass is 239 g/mol. The van der Waals surface area contributed by atoms with Gasteiger partial charge in [0, 0.05) is 11.6 Å². The Morgan fingerprint density at radius 2 is 1.76 bits per heavy atom. The summed E-state index contributed by atoms with van der Waals surface area (Å²) in [7, 11) is 4.48. The highest BCUT2D eigenvalue weighted by Gasteiger charge is 2.42. The zero-order chi connectivity index (χ0) is 12.3. The van der Waals surface area contributed by atoms with Gasteiger partial charge in [-0.3, -0.25) is 11.3 Å². The minimum atomic E-state index is 0.299. The van der Waals surface area contributed by atoms with E-state index in [0.29, 0.717) is 11.6 Å². The summed E-state index contributed by atoms with van der Waals surface area (Å²) in [6.07, 6.45) is 12.2. The molecule has 0 heterocycles. The Labute approximate surface area is 106 Å². The Morgan fingerprint density at radius 3 is 2.18 bits per heavy atom. The molecular weight excluding hydrogens is 210 g/mol. The van der Waals surface area contributed by atoms with Crippen LogP contribution in [0.5, 0.6) is 0 Å². The van der Waals surface area contributed by atoms with Gasteiger partial charge in [0.15, 0.2) is 0 Å². The van der Waals surface area contributed by atoms with Gasteiger partial charge in [-0.1, -0.05) is 38.5 Å². The summed E-state index contributed by atoms with van der Waals surface area (Å²) in [6.45, 7) is 0. The van der Waals surface area contributed by atoms with E-state index in [0.717, 1.165) is 5.92 Å². The third kappa shape index (κ3) is 3.01. The first-order valence-electron chi connectivity index (χ1n) is 7.32. The van der Waals surface area contributed by atoms with Crippen LogP contribution >= 0.6 is 0 Å². The molecule has 3 N–H and O–H groups in total. The minimum absolute atomic E-state index is 0.299. The first-order valence-corrected chi connectivity index (χ1v) is 7.32. The highest BCUT2D eigenvalue weighted by atomic mass is 15.3. The number of likely N-dealkylation sites (N-methyl/N-ethyl adjacent to an activating group) is 1. The highest BCUT2D eigenvalue weighted by molar-refractivity contribution is 5.00. The van der Waals surface area contributed by atoms with Gasteiger partial charge in [0.05, 0.1) is 0 Å². The van der Waals surface area contributed by atoms with Crippen molar-refractivity contribution in [3.05, 3.63) is 0 Å². The van der Waals surface area contributed by atoms with E-state index in [9.17, 15) is 0 Å². The molecule has 0 aromatic heterocycles. The van der Waals surface area contributed by atoms with Gasteiger partial charge in [0.1, 0.15) is 0 Å². The molecule has 0 aliphatic heterocycles. The third-order valence-corrected chi connectivity index (χ3v) is 4.98. The van der Waals surface area contributed by atoms with E-state index in [1.807, 2.05) is 0 Å². The number of rotatable bonds is 5. The van der Waals surface area contributed by atoms with E-state index in [1.54, 1.807) is 0 Å². The molecule has 100 valence electrons. The second-order valence-electron chi connectivity index (χ2n) is 6.31. The van der Waals surface area contributed by atoms with Gasteiger partial charge in [0.2, 0.25) is 0 Å². The zero-order valence-electron chi connectivity index (χ0n) is 11.5. The molecule has 2 saturated carbocycles. The lowest BCUT2D eigenvalue weighted by molar-refractivity contribution is 0.0737. The Hall–Kier alpha value is -0.120. The molecule has 1 unspecified atom stereocenters. The summed E-state index contributed by atoms with van der Waals surface area (Å²) in [6, 6.07) is 0.475. The molecule has 0 radical (unpaired) electrons. The average molecular weight is 239 g/mol. The summed E-state index contributed by atoms with van der Waals surface area (Å²) in [5.41, 5.74) is 3.45. The van der Waals surface area contributed by atoms with Gasteiger partial charge >= 0.3 is 0 Å². The van der Waals surface area contributed by atoms with Gasteiger partial charge in [-0.05, 0) is 39.3 Å². The second kappa shape index (κ2) is 5.68. The van der Waals surface area contributed by atoms with Crippen LogP contribution in [0.15, 0.2) is 0 Å². The number of nitrogens with two attached hydrogens (primary N) is 1. The topological polar surface area (TPSA) is 41.3 Å². The van der Waals surface area contributed by atoms with Crippen molar-refractivity contribution in [2.75, 3.05) is 14.1 Å². The van der Waals surface area contributed by atoms with Crippen LogP contribution in [0.1, 0.15) is 57.8 Å². The fourth-order valence-corrected chi connectivity index (χ4v) is 3.58. The Morgan fingerprint density at radius 1 is 1.18 bits per heavy atom. The van der Waals surface area contributed by atoms with Crippen molar-refractivity contribution < 1.29 is 0 Å². The number of nitrogens with one attached hydrogen (secondary N) is 1. The molecule has 1 atom stereocenters. The van der Waals surface area contributed by atoms with E-state index in [1.165, 1.54) is 57.8 Å². The van der Waals surface area contributed by atoms with Gasteiger partial charge < -0.3 is 4.90 Å². The van der Waals surface area contributed by atoms with Crippen molar-refractivity contribution in [2.45, 2.75) is 69.4 Å². The van der Waals surface area contributed by atoms with E-state index in [-0.39, 0.29) is 0 Å². The maximum Gasteiger partial charge on any atom is 0.0397 e. The standard InChI is InChI=1S/C14H29N3/c1-17(2)14(9-5-3-4-6-10-14)13(16-15)11-12-7-8-12/h12-13,16H,3-11,15H2,1-2H3. The van der Waals surface area contributed by atoms with Gasteiger partial charge in [-0.2, -0.15) is 0 Å².